The van der Waals surface area contributed by atoms with Crippen molar-refractivity contribution in [2.75, 3.05) is 19.8 Å². The molecule has 0 aliphatic carbocycles. The van der Waals surface area contributed by atoms with E-state index in [1.165, 1.54) is 5.56 Å². The third kappa shape index (κ3) is 3.58. The number of fused-ring (bicyclic) bond motifs is 1. The van der Waals surface area contributed by atoms with Gasteiger partial charge in [-0.3, -0.25) is 0 Å². The molecule has 1 N–H and O–H groups in total. The third-order valence-corrected chi connectivity index (χ3v) is 3.16. The summed E-state index contributed by atoms with van der Waals surface area (Å²) in [6.07, 6.45) is 1.10. The number of hydrogen-bond donors (Lipinski definition) is 1. The number of ether oxygens (including phenoxy) is 1. The number of aryl methyl sites for hydroxylation is 1. The average Bonchev–Trinajstić information content (AvgIpc) is 2.81. The number of nitrogens with one attached hydrogen (secondary N) is 1. The van der Waals surface area contributed by atoms with Crippen LogP contribution in [-0.2, 0) is 4.74 Å². The molecular formula is C16H23NO2. The highest BCUT2D eigenvalue weighted by Crippen LogP contribution is 2.25. The molecule has 19 heavy (non-hydrogen) atoms. The number of rotatable bonds is 7. The smallest absolute Gasteiger partial charge is 0.134 e. The molecule has 0 aliphatic rings. The topological polar surface area (TPSA) is 34.4 Å². The standard InChI is InChI=1S/C16H23NO2/c1-4-8-17-14(11-18-5-2)16-10-13-9-12(3)6-7-15(13)19-16/h6-7,9-10,14,17H,4-5,8,11H2,1-3H3. The molecule has 2 aromatic rings. The van der Waals surface area contributed by atoms with Crippen LogP contribution in [0.3, 0.4) is 0 Å². The molecule has 0 fully saturated rings. The van der Waals surface area contributed by atoms with Gasteiger partial charge in [0.1, 0.15) is 11.3 Å². The summed E-state index contributed by atoms with van der Waals surface area (Å²) in [7, 11) is 0. The molecule has 104 valence electrons. The highest BCUT2D eigenvalue weighted by Gasteiger charge is 2.15. The van der Waals surface area contributed by atoms with Crippen molar-refractivity contribution in [3.05, 3.63) is 35.6 Å². The van der Waals surface area contributed by atoms with Crippen LogP contribution in [0.1, 0.15) is 37.6 Å². The molecule has 1 atom stereocenters. The maximum absolute atomic E-state index is 5.94. The number of benzene rings is 1. The zero-order chi connectivity index (χ0) is 13.7. The van der Waals surface area contributed by atoms with Crippen LogP contribution in [-0.4, -0.2) is 19.8 Å². The fraction of sp³-hybridized carbons (Fsp3) is 0.500. The van der Waals surface area contributed by atoms with E-state index in [1.54, 1.807) is 0 Å². The van der Waals surface area contributed by atoms with Gasteiger partial charge in [0.05, 0.1) is 12.6 Å². The molecule has 1 aromatic heterocycles. The minimum Gasteiger partial charge on any atom is -0.459 e. The molecule has 0 amide bonds. The second-order valence-electron chi connectivity index (χ2n) is 4.86. The van der Waals surface area contributed by atoms with Gasteiger partial charge >= 0.3 is 0 Å². The zero-order valence-corrected chi connectivity index (χ0v) is 12.0. The van der Waals surface area contributed by atoms with Gasteiger partial charge in [0.25, 0.3) is 0 Å². The predicted molar refractivity (Wildman–Crippen MR) is 78.5 cm³/mol. The van der Waals surface area contributed by atoms with E-state index < -0.39 is 0 Å². The van der Waals surface area contributed by atoms with Gasteiger partial charge in [-0.05, 0) is 45.0 Å². The Hall–Kier alpha value is -1.32. The lowest BCUT2D eigenvalue weighted by Gasteiger charge is -2.15. The Kier molecular flexibility index (Phi) is 5.00. The fourth-order valence-corrected chi connectivity index (χ4v) is 2.15. The first-order chi connectivity index (χ1) is 9.24. The summed E-state index contributed by atoms with van der Waals surface area (Å²) in [5, 5.41) is 4.64. The van der Waals surface area contributed by atoms with Crippen LogP contribution in [0.5, 0.6) is 0 Å². The summed E-state index contributed by atoms with van der Waals surface area (Å²) in [6.45, 7) is 8.61. The molecule has 0 saturated heterocycles. The monoisotopic (exact) mass is 261 g/mol. The SMILES string of the molecule is CCCNC(COCC)c1cc2cc(C)ccc2o1. The summed E-state index contributed by atoms with van der Waals surface area (Å²) < 4.78 is 11.5. The van der Waals surface area contributed by atoms with E-state index in [1.807, 2.05) is 13.0 Å². The van der Waals surface area contributed by atoms with Crippen molar-refractivity contribution in [3.63, 3.8) is 0 Å². The minimum atomic E-state index is 0.132. The highest BCUT2D eigenvalue weighted by molar-refractivity contribution is 5.78. The summed E-state index contributed by atoms with van der Waals surface area (Å²) in [5.74, 6) is 0.961. The molecular weight excluding hydrogens is 238 g/mol. The van der Waals surface area contributed by atoms with Crippen LogP contribution in [0.15, 0.2) is 28.7 Å². The van der Waals surface area contributed by atoms with Crippen LogP contribution >= 0.6 is 0 Å². The quantitative estimate of drug-likeness (QED) is 0.822. The van der Waals surface area contributed by atoms with Gasteiger partial charge in [-0.15, -0.1) is 0 Å². The normalized spacial score (nSPS) is 13.0. The first-order valence-electron chi connectivity index (χ1n) is 7.05. The van der Waals surface area contributed by atoms with Gasteiger partial charge in [0.15, 0.2) is 0 Å². The van der Waals surface area contributed by atoms with E-state index >= 15 is 0 Å². The van der Waals surface area contributed by atoms with Crippen LogP contribution < -0.4 is 5.32 Å². The van der Waals surface area contributed by atoms with Gasteiger partial charge in [-0.2, -0.15) is 0 Å². The maximum atomic E-state index is 5.94. The maximum Gasteiger partial charge on any atom is 0.134 e. The average molecular weight is 261 g/mol. The minimum absolute atomic E-state index is 0.132. The fourth-order valence-electron chi connectivity index (χ4n) is 2.15. The molecule has 0 spiro atoms. The van der Waals surface area contributed by atoms with Crippen molar-refractivity contribution in [1.82, 2.24) is 5.32 Å². The molecule has 0 aliphatic heterocycles. The number of furan rings is 1. The van der Waals surface area contributed by atoms with Crippen LogP contribution in [0, 0.1) is 6.92 Å². The van der Waals surface area contributed by atoms with Gasteiger partial charge in [0, 0.05) is 12.0 Å². The van der Waals surface area contributed by atoms with Crippen molar-refractivity contribution < 1.29 is 9.15 Å². The van der Waals surface area contributed by atoms with E-state index in [9.17, 15) is 0 Å². The summed E-state index contributed by atoms with van der Waals surface area (Å²) in [4.78, 5) is 0. The van der Waals surface area contributed by atoms with Gasteiger partial charge < -0.3 is 14.5 Å². The molecule has 1 heterocycles. The van der Waals surface area contributed by atoms with Crippen molar-refractivity contribution in [1.29, 1.82) is 0 Å². The van der Waals surface area contributed by atoms with Crippen molar-refractivity contribution in [2.45, 2.75) is 33.2 Å². The summed E-state index contributed by atoms with van der Waals surface area (Å²) in [6, 6.07) is 8.51. The largest absolute Gasteiger partial charge is 0.459 e. The van der Waals surface area contributed by atoms with Crippen molar-refractivity contribution >= 4 is 11.0 Å². The molecule has 1 aromatic carbocycles. The van der Waals surface area contributed by atoms with Crippen LogP contribution in [0.2, 0.25) is 0 Å². The van der Waals surface area contributed by atoms with E-state index in [-0.39, 0.29) is 6.04 Å². The van der Waals surface area contributed by atoms with Gasteiger partial charge in [-0.25, -0.2) is 0 Å². The van der Waals surface area contributed by atoms with Crippen molar-refractivity contribution in [2.24, 2.45) is 0 Å². The second kappa shape index (κ2) is 6.73. The second-order valence-corrected chi connectivity index (χ2v) is 4.86. The Bertz CT molecular complexity index is 510. The number of hydrogen-bond acceptors (Lipinski definition) is 3. The first kappa shape index (κ1) is 14.1. The molecule has 0 saturated carbocycles. The Labute approximate surface area is 114 Å². The molecule has 2 rings (SSSR count). The zero-order valence-electron chi connectivity index (χ0n) is 12.0. The lowest BCUT2D eigenvalue weighted by molar-refractivity contribution is 0.116. The first-order valence-corrected chi connectivity index (χ1v) is 7.05. The Morgan fingerprint density at radius 3 is 2.84 bits per heavy atom. The summed E-state index contributed by atoms with van der Waals surface area (Å²) >= 11 is 0. The Balaban J connectivity index is 2.21. The summed E-state index contributed by atoms with van der Waals surface area (Å²) in [5.41, 5.74) is 2.20. The van der Waals surface area contributed by atoms with E-state index in [4.69, 9.17) is 9.15 Å². The lowest BCUT2D eigenvalue weighted by atomic mass is 10.1. The van der Waals surface area contributed by atoms with E-state index in [0.717, 1.165) is 36.3 Å². The lowest BCUT2D eigenvalue weighted by Crippen LogP contribution is -2.26. The Morgan fingerprint density at radius 1 is 1.26 bits per heavy atom. The van der Waals surface area contributed by atoms with E-state index in [0.29, 0.717) is 6.61 Å². The van der Waals surface area contributed by atoms with Gasteiger partial charge in [-0.1, -0.05) is 18.6 Å². The third-order valence-electron chi connectivity index (χ3n) is 3.16. The van der Waals surface area contributed by atoms with Crippen molar-refractivity contribution in [3.8, 4) is 0 Å². The van der Waals surface area contributed by atoms with E-state index in [2.05, 4.69) is 37.4 Å². The molecule has 3 heteroatoms. The van der Waals surface area contributed by atoms with Crippen LogP contribution in [0.4, 0.5) is 0 Å². The molecule has 3 nitrogen and oxygen atoms in total. The predicted octanol–water partition coefficient (Wildman–Crippen LogP) is 3.82. The Morgan fingerprint density at radius 2 is 2.11 bits per heavy atom. The molecule has 0 radical (unpaired) electrons. The highest BCUT2D eigenvalue weighted by atomic mass is 16.5. The van der Waals surface area contributed by atoms with Gasteiger partial charge in [0.2, 0.25) is 0 Å². The van der Waals surface area contributed by atoms with Crippen LogP contribution in [0.25, 0.3) is 11.0 Å². The molecule has 0 bridgehead atoms. The molecule has 1 unspecified atom stereocenters.